The zero-order chi connectivity index (χ0) is 15.5. The maximum atomic E-state index is 10.9. The van der Waals surface area contributed by atoms with Crippen LogP contribution in [0.15, 0.2) is 24.3 Å². The molecule has 7 heteroatoms. The summed E-state index contributed by atoms with van der Waals surface area (Å²) in [6, 6.07) is 5.62. The lowest BCUT2D eigenvalue weighted by atomic mass is 9.79. The van der Waals surface area contributed by atoms with Crippen molar-refractivity contribution in [3.8, 4) is 5.75 Å². The van der Waals surface area contributed by atoms with Crippen LogP contribution in [0, 0.1) is 16.0 Å². The van der Waals surface area contributed by atoms with Crippen LogP contribution in [0.1, 0.15) is 25.7 Å². The third-order valence-corrected chi connectivity index (χ3v) is 3.82. The van der Waals surface area contributed by atoms with E-state index in [1.54, 1.807) is 0 Å². The lowest BCUT2D eigenvalue weighted by Gasteiger charge is -2.34. The number of ether oxygens (including phenoxy) is 1. The molecule has 1 fully saturated rings. The first-order valence-electron chi connectivity index (χ1n) is 6.72. The number of carbonyl (C=O) groups is 1. The zero-order valence-corrected chi connectivity index (χ0v) is 11.4. The lowest BCUT2D eigenvalue weighted by Crippen LogP contribution is -2.41. The van der Waals surface area contributed by atoms with Gasteiger partial charge in [-0.2, -0.15) is 0 Å². The molecule has 114 valence electrons. The molecule has 2 rings (SSSR count). The molecule has 0 aliphatic heterocycles. The Kier molecular flexibility index (Phi) is 4.42. The SMILES string of the molecule is O=C(O)C1CCC(O)(COc2ccc([N+](=O)[O-])cc2)CC1. The van der Waals surface area contributed by atoms with Gasteiger partial charge in [0.25, 0.3) is 5.69 Å². The van der Waals surface area contributed by atoms with Crippen LogP contribution in [0.4, 0.5) is 5.69 Å². The number of non-ortho nitro benzene ring substituents is 1. The van der Waals surface area contributed by atoms with Gasteiger partial charge in [0.1, 0.15) is 12.4 Å². The summed E-state index contributed by atoms with van der Waals surface area (Å²) in [6.07, 6.45) is 1.60. The largest absolute Gasteiger partial charge is 0.491 e. The topological polar surface area (TPSA) is 110 Å². The molecule has 0 spiro atoms. The standard InChI is InChI=1S/C14H17NO6/c16-13(17)10-5-7-14(18,8-6-10)9-21-12-3-1-11(2-4-12)15(19)20/h1-4,10,18H,5-9H2,(H,16,17). The van der Waals surface area contributed by atoms with Crippen molar-refractivity contribution in [1.82, 2.24) is 0 Å². The summed E-state index contributed by atoms with van der Waals surface area (Å²) in [6.45, 7) is 0.0527. The van der Waals surface area contributed by atoms with E-state index in [0.29, 0.717) is 31.4 Å². The van der Waals surface area contributed by atoms with Gasteiger partial charge in [-0.1, -0.05) is 0 Å². The highest BCUT2D eigenvalue weighted by Crippen LogP contribution is 2.33. The van der Waals surface area contributed by atoms with Crippen LogP contribution in [0.5, 0.6) is 5.75 Å². The smallest absolute Gasteiger partial charge is 0.306 e. The fourth-order valence-electron chi connectivity index (χ4n) is 2.43. The average Bonchev–Trinajstić information content (AvgIpc) is 2.46. The second-order valence-electron chi connectivity index (χ2n) is 5.38. The maximum Gasteiger partial charge on any atom is 0.306 e. The molecule has 1 saturated carbocycles. The van der Waals surface area contributed by atoms with E-state index in [-0.39, 0.29) is 12.3 Å². The van der Waals surface area contributed by atoms with Crippen molar-refractivity contribution in [2.24, 2.45) is 5.92 Å². The Morgan fingerprint density at radius 1 is 1.33 bits per heavy atom. The summed E-state index contributed by atoms with van der Waals surface area (Å²) in [4.78, 5) is 20.9. The first-order valence-corrected chi connectivity index (χ1v) is 6.72. The second-order valence-corrected chi connectivity index (χ2v) is 5.38. The number of rotatable bonds is 5. The number of nitrogens with zero attached hydrogens (tertiary/aromatic N) is 1. The monoisotopic (exact) mass is 295 g/mol. The van der Waals surface area contributed by atoms with Gasteiger partial charge in [-0.3, -0.25) is 14.9 Å². The summed E-state index contributed by atoms with van der Waals surface area (Å²) in [5, 5.41) is 29.8. The lowest BCUT2D eigenvalue weighted by molar-refractivity contribution is -0.384. The number of nitro groups is 1. The van der Waals surface area contributed by atoms with E-state index in [1.807, 2.05) is 0 Å². The number of aliphatic hydroxyl groups is 1. The molecule has 0 unspecified atom stereocenters. The Balaban J connectivity index is 1.88. The normalized spacial score (nSPS) is 25.3. The van der Waals surface area contributed by atoms with Crippen molar-refractivity contribution >= 4 is 11.7 Å². The van der Waals surface area contributed by atoms with Crippen molar-refractivity contribution in [3.05, 3.63) is 34.4 Å². The molecule has 0 bridgehead atoms. The van der Waals surface area contributed by atoms with Crippen LogP contribution in [-0.2, 0) is 4.79 Å². The van der Waals surface area contributed by atoms with E-state index < -0.39 is 22.4 Å². The van der Waals surface area contributed by atoms with Crippen LogP contribution in [-0.4, -0.2) is 33.3 Å². The molecular weight excluding hydrogens is 278 g/mol. The summed E-state index contributed by atoms with van der Waals surface area (Å²) in [5.74, 6) is -0.785. The Hall–Kier alpha value is -2.15. The Morgan fingerprint density at radius 3 is 2.38 bits per heavy atom. The summed E-state index contributed by atoms with van der Waals surface area (Å²) >= 11 is 0. The molecule has 1 aromatic rings. The molecular formula is C14H17NO6. The Labute approximate surface area is 121 Å². The third kappa shape index (κ3) is 3.91. The maximum absolute atomic E-state index is 10.9. The van der Waals surface area contributed by atoms with Crippen molar-refractivity contribution in [2.45, 2.75) is 31.3 Å². The van der Waals surface area contributed by atoms with Crippen molar-refractivity contribution < 1.29 is 24.7 Å². The first kappa shape index (κ1) is 15.2. The zero-order valence-electron chi connectivity index (χ0n) is 11.4. The van der Waals surface area contributed by atoms with Crippen LogP contribution < -0.4 is 4.74 Å². The van der Waals surface area contributed by atoms with Crippen LogP contribution >= 0.6 is 0 Å². The van der Waals surface area contributed by atoms with E-state index in [2.05, 4.69) is 0 Å². The molecule has 21 heavy (non-hydrogen) atoms. The highest BCUT2D eigenvalue weighted by molar-refractivity contribution is 5.70. The molecule has 1 aliphatic carbocycles. The van der Waals surface area contributed by atoms with Crippen LogP contribution in [0.2, 0.25) is 0 Å². The van der Waals surface area contributed by atoms with Gasteiger partial charge < -0.3 is 14.9 Å². The highest BCUT2D eigenvalue weighted by Gasteiger charge is 2.36. The van der Waals surface area contributed by atoms with Crippen molar-refractivity contribution in [2.75, 3.05) is 6.61 Å². The van der Waals surface area contributed by atoms with E-state index in [4.69, 9.17) is 9.84 Å². The van der Waals surface area contributed by atoms with Gasteiger partial charge in [0.2, 0.25) is 0 Å². The second kappa shape index (κ2) is 6.09. The molecule has 0 aromatic heterocycles. The minimum atomic E-state index is -1.03. The van der Waals surface area contributed by atoms with E-state index in [9.17, 15) is 20.0 Å². The number of benzene rings is 1. The van der Waals surface area contributed by atoms with Gasteiger partial charge in [-0.05, 0) is 37.8 Å². The Morgan fingerprint density at radius 2 is 1.90 bits per heavy atom. The summed E-state index contributed by atoms with van der Waals surface area (Å²) in [5.41, 5.74) is -1.06. The molecule has 7 nitrogen and oxygen atoms in total. The van der Waals surface area contributed by atoms with E-state index >= 15 is 0 Å². The number of nitro benzene ring substituents is 1. The van der Waals surface area contributed by atoms with Gasteiger partial charge in [0.05, 0.1) is 16.4 Å². The molecule has 1 aliphatic rings. The van der Waals surface area contributed by atoms with Crippen molar-refractivity contribution in [3.63, 3.8) is 0 Å². The van der Waals surface area contributed by atoms with Gasteiger partial charge in [-0.15, -0.1) is 0 Å². The number of aliphatic carboxylic acids is 1. The molecule has 0 saturated heterocycles. The molecule has 0 amide bonds. The Bertz CT molecular complexity index is 519. The predicted molar refractivity (Wildman–Crippen MR) is 73.1 cm³/mol. The van der Waals surface area contributed by atoms with Gasteiger partial charge in [-0.25, -0.2) is 0 Å². The van der Waals surface area contributed by atoms with Crippen molar-refractivity contribution in [1.29, 1.82) is 0 Å². The van der Waals surface area contributed by atoms with E-state index in [0.717, 1.165) is 0 Å². The number of hydrogen-bond acceptors (Lipinski definition) is 5. The molecule has 2 N–H and O–H groups in total. The minimum absolute atomic E-state index is 0.0250. The number of hydrogen-bond donors (Lipinski definition) is 2. The van der Waals surface area contributed by atoms with Crippen LogP contribution in [0.25, 0.3) is 0 Å². The highest BCUT2D eigenvalue weighted by atomic mass is 16.6. The fraction of sp³-hybridized carbons (Fsp3) is 0.500. The minimum Gasteiger partial charge on any atom is -0.491 e. The van der Waals surface area contributed by atoms with Gasteiger partial charge in [0.15, 0.2) is 0 Å². The molecule has 0 heterocycles. The summed E-state index contributed by atoms with van der Waals surface area (Å²) < 4.78 is 5.46. The fourth-order valence-corrected chi connectivity index (χ4v) is 2.43. The number of carboxylic acids is 1. The molecule has 0 atom stereocenters. The first-order chi connectivity index (χ1) is 9.89. The van der Waals surface area contributed by atoms with Crippen LogP contribution in [0.3, 0.4) is 0 Å². The van der Waals surface area contributed by atoms with Gasteiger partial charge >= 0.3 is 5.97 Å². The average molecular weight is 295 g/mol. The third-order valence-electron chi connectivity index (χ3n) is 3.82. The number of carboxylic acid groups (broad SMARTS) is 1. The van der Waals surface area contributed by atoms with Gasteiger partial charge in [0, 0.05) is 12.1 Å². The van der Waals surface area contributed by atoms with E-state index in [1.165, 1.54) is 24.3 Å². The molecule has 1 aromatic carbocycles. The predicted octanol–water partition coefficient (Wildman–Crippen LogP) is 1.98. The molecule has 0 radical (unpaired) electrons. The summed E-state index contributed by atoms with van der Waals surface area (Å²) in [7, 11) is 0. The quantitative estimate of drug-likeness (QED) is 0.635.